The van der Waals surface area contributed by atoms with Crippen molar-refractivity contribution in [3.8, 4) is 0 Å². The minimum absolute atomic E-state index is 0.0474. The van der Waals surface area contributed by atoms with Crippen molar-refractivity contribution in [2.45, 2.75) is 11.4 Å². The van der Waals surface area contributed by atoms with E-state index in [9.17, 15) is 13.2 Å². The molecule has 0 aliphatic heterocycles. The van der Waals surface area contributed by atoms with E-state index in [1.54, 1.807) is 7.05 Å². The van der Waals surface area contributed by atoms with Crippen molar-refractivity contribution in [2.24, 2.45) is 12.8 Å². The quantitative estimate of drug-likeness (QED) is 0.842. The third-order valence-electron chi connectivity index (χ3n) is 3.80. The van der Waals surface area contributed by atoms with Crippen molar-refractivity contribution in [1.29, 1.82) is 0 Å². The van der Waals surface area contributed by atoms with Gasteiger partial charge in [-0.2, -0.15) is 4.31 Å². The Morgan fingerprint density at radius 3 is 2.21 bits per heavy atom. The highest BCUT2D eigenvalue weighted by Gasteiger charge is 2.24. The summed E-state index contributed by atoms with van der Waals surface area (Å²) in [6, 6.07) is 8.94. The lowest BCUT2D eigenvalue weighted by atomic mass is 10.2. The first-order valence-corrected chi connectivity index (χ1v) is 8.75. The zero-order valence-electron chi connectivity index (χ0n) is 14.2. The molecule has 0 radical (unpaired) electrons. The van der Waals surface area contributed by atoms with Gasteiger partial charge in [0.15, 0.2) is 0 Å². The topological polar surface area (TPSA) is 88.6 Å². The van der Waals surface area contributed by atoms with Crippen molar-refractivity contribution < 1.29 is 13.2 Å². The first-order chi connectivity index (χ1) is 11.1. The zero-order chi connectivity index (χ0) is 18.1. The van der Waals surface area contributed by atoms with Crippen molar-refractivity contribution >= 4 is 21.6 Å². The lowest BCUT2D eigenvalue weighted by molar-refractivity contribution is 0.0992. The second-order valence-corrected chi connectivity index (χ2v) is 7.90. The second-order valence-electron chi connectivity index (χ2n) is 5.86. The van der Waals surface area contributed by atoms with Crippen LogP contribution in [0.25, 0.3) is 0 Å². The summed E-state index contributed by atoms with van der Waals surface area (Å²) < 4.78 is 28.0. The number of aryl methyl sites for hydroxylation is 1. The van der Waals surface area contributed by atoms with E-state index in [0.29, 0.717) is 0 Å². The Kier molecular flexibility index (Phi) is 5.00. The van der Waals surface area contributed by atoms with Crippen LogP contribution in [0.1, 0.15) is 16.1 Å². The molecule has 0 spiro atoms. The SMILES string of the molecule is CN(C)c1ccc(CN(C)S(=O)(=O)c2cc(C(N)=O)n(C)c2)cc1. The number of aromatic nitrogens is 1. The molecule has 1 amide bonds. The monoisotopic (exact) mass is 350 g/mol. The maximum atomic E-state index is 12.7. The Bertz CT molecular complexity index is 839. The number of carbonyl (C=O) groups excluding carboxylic acids is 1. The van der Waals surface area contributed by atoms with Gasteiger partial charge in [-0.1, -0.05) is 12.1 Å². The number of hydrogen-bond acceptors (Lipinski definition) is 4. The third-order valence-corrected chi connectivity index (χ3v) is 5.57. The van der Waals surface area contributed by atoms with E-state index in [1.807, 2.05) is 43.3 Å². The van der Waals surface area contributed by atoms with Gasteiger partial charge in [-0.15, -0.1) is 0 Å². The molecule has 0 aliphatic rings. The van der Waals surface area contributed by atoms with Crippen molar-refractivity contribution in [2.75, 3.05) is 26.0 Å². The zero-order valence-corrected chi connectivity index (χ0v) is 15.0. The van der Waals surface area contributed by atoms with Crippen molar-refractivity contribution in [3.05, 3.63) is 47.8 Å². The fourth-order valence-electron chi connectivity index (χ4n) is 2.34. The molecule has 0 aliphatic carbocycles. The Morgan fingerprint density at radius 1 is 1.17 bits per heavy atom. The molecule has 8 heteroatoms. The maximum Gasteiger partial charge on any atom is 0.265 e. The average molecular weight is 350 g/mol. The summed E-state index contributed by atoms with van der Waals surface area (Å²) in [6.45, 7) is 0.233. The summed E-state index contributed by atoms with van der Waals surface area (Å²) in [4.78, 5) is 13.3. The van der Waals surface area contributed by atoms with E-state index < -0.39 is 15.9 Å². The summed E-state index contributed by atoms with van der Waals surface area (Å²) in [5.74, 6) is -0.666. The molecule has 1 aromatic carbocycles. The number of carbonyl (C=O) groups is 1. The normalized spacial score (nSPS) is 11.7. The van der Waals surface area contributed by atoms with Crippen molar-refractivity contribution in [1.82, 2.24) is 8.87 Å². The van der Waals surface area contributed by atoms with Gasteiger partial charge in [-0.3, -0.25) is 4.79 Å². The van der Waals surface area contributed by atoms with E-state index in [2.05, 4.69) is 0 Å². The van der Waals surface area contributed by atoms with Crippen LogP contribution in [0.3, 0.4) is 0 Å². The van der Waals surface area contributed by atoms with Gasteiger partial charge in [-0.25, -0.2) is 8.42 Å². The number of nitrogens with zero attached hydrogens (tertiary/aromatic N) is 3. The number of hydrogen-bond donors (Lipinski definition) is 1. The molecule has 0 saturated heterocycles. The highest BCUT2D eigenvalue weighted by molar-refractivity contribution is 7.89. The Morgan fingerprint density at radius 2 is 1.75 bits per heavy atom. The summed E-state index contributed by atoms with van der Waals surface area (Å²) >= 11 is 0. The van der Waals surface area contributed by atoms with Crippen LogP contribution >= 0.6 is 0 Å². The highest BCUT2D eigenvalue weighted by Crippen LogP contribution is 2.20. The molecule has 7 nitrogen and oxygen atoms in total. The predicted octanol–water partition coefficient (Wildman–Crippen LogP) is 1.01. The molecule has 1 heterocycles. The number of amides is 1. The number of rotatable bonds is 6. The molecule has 0 bridgehead atoms. The number of benzene rings is 1. The minimum atomic E-state index is -3.70. The summed E-state index contributed by atoms with van der Waals surface area (Å²) in [7, 11) is 3.27. The van der Waals surface area contributed by atoms with Gasteiger partial charge >= 0.3 is 0 Å². The van der Waals surface area contributed by atoms with Crippen molar-refractivity contribution in [3.63, 3.8) is 0 Å². The fraction of sp³-hybridized carbons (Fsp3) is 0.312. The maximum absolute atomic E-state index is 12.7. The second kappa shape index (κ2) is 6.66. The molecule has 130 valence electrons. The van der Waals surface area contributed by atoms with Gasteiger partial charge in [0.05, 0.1) is 0 Å². The first-order valence-electron chi connectivity index (χ1n) is 7.31. The van der Waals surface area contributed by atoms with Gasteiger partial charge < -0.3 is 15.2 Å². The molecule has 1 aromatic heterocycles. The van der Waals surface area contributed by atoms with Gasteiger partial charge in [0.25, 0.3) is 5.91 Å². The Hall–Kier alpha value is -2.32. The molecule has 2 rings (SSSR count). The number of anilines is 1. The standard InChI is InChI=1S/C16H22N4O3S/c1-18(2)13-7-5-12(6-8-13)10-20(4)24(22,23)14-9-15(16(17)21)19(3)11-14/h5-9,11H,10H2,1-4H3,(H2,17,21). The smallest absolute Gasteiger partial charge is 0.265 e. The van der Waals surface area contributed by atoms with Gasteiger partial charge in [-0.05, 0) is 23.8 Å². The van der Waals surface area contributed by atoms with Crippen LogP contribution < -0.4 is 10.6 Å². The van der Waals surface area contributed by atoms with Gasteiger partial charge in [0, 0.05) is 46.6 Å². The van der Waals surface area contributed by atoms with E-state index in [4.69, 9.17) is 5.73 Å². The molecular formula is C16H22N4O3S. The number of nitrogens with two attached hydrogens (primary N) is 1. The minimum Gasteiger partial charge on any atom is -0.378 e. The van der Waals surface area contributed by atoms with E-state index in [0.717, 1.165) is 11.3 Å². The first kappa shape index (κ1) is 18.0. The largest absolute Gasteiger partial charge is 0.378 e. The molecule has 0 saturated carbocycles. The van der Waals surface area contributed by atoms with E-state index in [1.165, 1.54) is 28.2 Å². The molecule has 0 unspecified atom stereocenters. The predicted molar refractivity (Wildman–Crippen MR) is 93.4 cm³/mol. The van der Waals surface area contributed by atoms with Crippen LogP contribution in [-0.4, -0.2) is 44.3 Å². The van der Waals surface area contributed by atoms with E-state index >= 15 is 0 Å². The molecule has 0 fully saturated rings. The molecule has 2 aromatic rings. The molecule has 0 atom stereocenters. The van der Waals surface area contributed by atoms with Crippen LogP contribution in [0.2, 0.25) is 0 Å². The third kappa shape index (κ3) is 3.60. The summed E-state index contributed by atoms with van der Waals surface area (Å²) in [5.41, 5.74) is 7.30. The van der Waals surface area contributed by atoms with Crippen LogP contribution in [-0.2, 0) is 23.6 Å². The summed E-state index contributed by atoms with van der Waals surface area (Å²) in [6.07, 6.45) is 1.39. The highest BCUT2D eigenvalue weighted by atomic mass is 32.2. The van der Waals surface area contributed by atoms with Gasteiger partial charge in [0.2, 0.25) is 10.0 Å². The Balaban J connectivity index is 2.22. The van der Waals surface area contributed by atoms with Crippen LogP contribution in [0.15, 0.2) is 41.4 Å². The fourth-order valence-corrected chi connectivity index (χ4v) is 3.57. The average Bonchev–Trinajstić information content (AvgIpc) is 2.90. The van der Waals surface area contributed by atoms with Crippen LogP contribution in [0.5, 0.6) is 0 Å². The van der Waals surface area contributed by atoms with Crippen LogP contribution in [0, 0.1) is 0 Å². The van der Waals surface area contributed by atoms with E-state index in [-0.39, 0.29) is 17.1 Å². The Labute approximate surface area is 142 Å². The van der Waals surface area contributed by atoms with Crippen LogP contribution in [0.4, 0.5) is 5.69 Å². The molecule has 2 N–H and O–H groups in total. The summed E-state index contributed by atoms with van der Waals surface area (Å²) in [5, 5.41) is 0. The lowest BCUT2D eigenvalue weighted by Gasteiger charge is -2.17. The number of sulfonamides is 1. The number of primary amides is 1. The lowest BCUT2D eigenvalue weighted by Crippen LogP contribution is -2.26. The van der Waals surface area contributed by atoms with Gasteiger partial charge in [0.1, 0.15) is 10.6 Å². The molecule has 24 heavy (non-hydrogen) atoms. The molecular weight excluding hydrogens is 328 g/mol.